The fourth-order valence-electron chi connectivity index (χ4n) is 1.65. The smallest absolute Gasteiger partial charge is 0.138 e. The first-order valence-corrected chi connectivity index (χ1v) is 7.20. The van der Waals surface area contributed by atoms with Gasteiger partial charge < -0.3 is 0 Å². The third kappa shape index (κ3) is 3.79. The summed E-state index contributed by atoms with van der Waals surface area (Å²) in [7, 11) is 0. The molecule has 0 aliphatic rings. The first kappa shape index (κ1) is 12.5. The molecular formula is C14H13BrOS. The number of ketones is 1. The summed E-state index contributed by atoms with van der Waals surface area (Å²) in [6.07, 6.45) is 2.00. The minimum atomic E-state index is 0.303. The van der Waals surface area contributed by atoms with Gasteiger partial charge in [-0.05, 0) is 39.4 Å². The molecule has 1 heterocycles. The van der Waals surface area contributed by atoms with Gasteiger partial charge in [0.25, 0.3) is 0 Å². The molecule has 88 valence electrons. The molecule has 1 aromatic heterocycles. The number of rotatable bonds is 5. The van der Waals surface area contributed by atoms with E-state index in [1.807, 2.05) is 29.6 Å². The summed E-state index contributed by atoms with van der Waals surface area (Å²) in [6.45, 7) is 0. The molecule has 0 aliphatic heterocycles. The summed E-state index contributed by atoms with van der Waals surface area (Å²) in [4.78, 5) is 12.9. The molecule has 0 saturated carbocycles. The van der Waals surface area contributed by atoms with Crippen molar-refractivity contribution in [2.45, 2.75) is 19.3 Å². The van der Waals surface area contributed by atoms with E-state index in [9.17, 15) is 4.79 Å². The number of hydrogen-bond acceptors (Lipinski definition) is 2. The van der Waals surface area contributed by atoms with Crippen molar-refractivity contribution in [1.82, 2.24) is 0 Å². The van der Waals surface area contributed by atoms with Gasteiger partial charge in [0, 0.05) is 22.2 Å². The van der Waals surface area contributed by atoms with E-state index < -0.39 is 0 Å². The van der Waals surface area contributed by atoms with Crippen molar-refractivity contribution in [3.63, 3.8) is 0 Å². The van der Waals surface area contributed by atoms with Crippen LogP contribution < -0.4 is 0 Å². The Morgan fingerprint density at radius 3 is 2.59 bits per heavy atom. The number of carbonyl (C=O) groups excluding carboxylic acids is 1. The van der Waals surface area contributed by atoms with E-state index in [1.165, 1.54) is 5.56 Å². The van der Waals surface area contributed by atoms with Crippen LogP contribution in [0.4, 0.5) is 0 Å². The van der Waals surface area contributed by atoms with E-state index in [0.29, 0.717) is 18.6 Å². The Labute approximate surface area is 114 Å². The van der Waals surface area contributed by atoms with Crippen LogP contribution in [0.3, 0.4) is 0 Å². The van der Waals surface area contributed by atoms with E-state index >= 15 is 0 Å². The van der Waals surface area contributed by atoms with Crippen LogP contribution in [0.1, 0.15) is 16.9 Å². The molecule has 0 fully saturated rings. The molecule has 0 saturated heterocycles. The Morgan fingerprint density at radius 1 is 1.18 bits per heavy atom. The molecule has 1 aromatic carbocycles. The predicted molar refractivity (Wildman–Crippen MR) is 75.5 cm³/mol. The van der Waals surface area contributed by atoms with Gasteiger partial charge in [-0.25, -0.2) is 0 Å². The number of Topliss-reactive ketones (excluding diaryl/α,β-unsaturated/α-hetero) is 1. The summed E-state index contributed by atoms with van der Waals surface area (Å²) in [6, 6.07) is 12.1. The molecule has 2 rings (SSSR count). The lowest BCUT2D eigenvalue weighted by atomic mass is 10.1. The quantitative estimate of drug-likeness (QED) is 0.807. The normalized spacial score (nSPS) is 10.4. The highest BCUT2D eigenvalue weighted by molar-refractivity contribution is 9.10. The minimum absolute atomic E-state index is 0.303. The van der Waals surface area contributed by atoms with Gasteiger partial charge in [0.15, 0.2) is 0 Å². The fraction of sp³-hybridized carbons (Fsp3) is 0.214. The van der Waals surface area contributed by atoms with Crippen molar-refractivity contribution < 1.29 is 4.79 Å². The molecule has 2 aromatic rings. The first-order chi connectivity index (χ1) is 8.25. The zero-order valence-corrected chi connectivity index (χ0v) is 11.8. The second kappa shape index (κ2) is 6.12. The molecule has 17 heavy (non-hydrogen) atoms. The lowest BCUT2D eigenvalue weighted by molar-refractivity contribution is -0.118. The molecule has 1 nitrogen and oxygen atoms in total. The maximum atomic E-state index is 11.8. The average molecular weight is 309 g/mol. The molecule has 0 unspecified atom stereocenters. The number of halogens is 1. The Bertz CT molecular complexity index is 490. The third-order valence-corrected chi connectivity index (χ3v) is 4.51. The van der Waals surface area contributed by atoms with Gasteiger partial charge in [-0.2, -0.15) is 0 Å². The molecule has 0 N–H and O–H groups in total. The summed E-state index contributed by atoms with van der Waals surface area (Å²) >= 11 is 5.08. The van der Waals surface area contributed by atoms with Crippen molar-refractivity contribution in [1.29, 1.82) is 0 Å². The number of hydrogen-bond donors (Lipinski definition) is 0. The van der Waals surface area contributed by atoms with Gasteiger partial charge in [-0.15, -0.1) is 11.3 Å². The van der Waals surface area contributed by atoms with Crippen LogP contribution in [-0.2, 0) is 17.6 Å². The molecule has 0 amide bonds. The predicted octanol–water partition coefficient (Wildman–Crippen LogP) is 4.26. The van der Waals surface area contributed by atoms with Gasteiger partial charge in [-0.3, -0.25) is 4.79 Å². The molecule has 0 aliphatic carbocycles. The maximum absolute atomic E-state index is 11.8. The Balaban J connectivity index is 1.85. The highest BCUT2D eigenvalue weighted by Gasteiger charge is 2.08. The van der Waals surface area contributed by atoms with E-state index in [4.69, 9.17) is 0 Å². The standard InChI is InChI=1S/C14H13BrOS/c15-13-8-9-17-14(13)10-12(16)7-6-11-4-2-1-3-5-11/h1-5,8-9H,6-7,10H2. The SMILES string of the molecule is O=C(CCc1ccccc1)Cc1sccc1Br. The highest BCUT2D eigenvalue weighted by atomic mass is 79.9. The van der Waals surface area contributed by atoms with E-state index in [1.54, 1.807) is 11.3 Å². The zero-order valence-electron chi connectivity index (χ0n) is 9.36. The second-order valence-electron chi connectivity index (χ2n) is 3.89. The van der Waals surface area contributed by atoms with Gasteiger partial charge in [0.2, 0.25) is 0 Å². The maximum Gasteiger partial charge on any atom is 0.138 e. The molecule has 3 heteroatoms. The van der Waals surface area contributed by atoms with E-state index in [2.05, 4.69) is 28.1 Å². The summed E-state index contributed by atoms with van der Waals surface area (Å²) in [5.41, 5.74) is 1.23. The number of aryl methyl sites for hydroxylation is 1. The first-order valence-electron chi connectivity index (χ1n) is 5.53. The number of thiophene rings is 1. The van der Waals surface area contributed by atoms with Gasteiger partial charge >= 0.3 is 0 Å². The highest BCUT2D eigenvalue weighted by Crippen LogP contribution is 2.23. The van der Waals surface area contributed by atoms with Gasteiger partial charge in [0.1, 0.15) is 5.78 Å². The topological polar surface area (TPSA) is 17.1 Å². The molecule has 0 bridgehead atoms. The lowest BCUT2D eigenvalue weighted by Crippen LogP contribution is -2.03. The Hall–Kier alpha value is -0.930. The van der Waals surface area contributed by atoms with E-state index in [-0.39, 0.29) is 0 Å². The van der Waals surface area contributed by atoms with E-state index in [0.717, 1.165) is 15.8 Å². The Kier molecular flexibility index (Phi) is 4.51. The second-order valence-corrected chi connectivity index (χ2v) is 5.75. The third-order valence-electron chi connectivity index (χ3n) is 2.58. The van der Waals surface area contributed by atoms with Crippen LogP contribution in [0, 0.1) is 0 Å². The Morgan fingerprint density at radius 2 is 1.94 bits per heavy atom. The summed E-state index contributed by atoms with van der Waals surface area (Å²) in [5.74, 6) is 0.303. The van der Waals surface area contributed by atoms with Crippen molar-refractivity contribution in [2.75, 3.05) is 0 Å². The molecule has 0 spiro atoms. The van der Waals surface area contributed by atoms with Crippen molar-refractivity contribution in [2.24, 2.45) is 0 Å². The number of benzene rings is 1. The minimum Gasteiger partial charge on any atom is -0.299 e. The van der Waals surface area contributed by atoms with Gasteiger partial charge in [-0.1, -0.05) is 30.3 Å². The monoisotopic (exact) mass is 308 g/mol. The van der Waals surface area contributed by atoms with Crippen LogP contribution in [0.25, 0.3) is 0 Å². The summed E-state index contributed by atoms with van der Waals surface area (Å²) < 4.78 is 1.05. The molecule has 0 atom stereocenters. The average Bonchev–Trinajstić information content (AvgIpc) is 2.74. The fourth-order valence-corrected chi connectivity index (χ4v) is 3.17. The van der Waals surface area contributed by atoms with Crippen molar-refractivity contribution in [3.05, 3.63) is 56.7 Å². The molecule has 0 radical (unpaired) electrons. The van der Waals surface area contributed by atoms with Crippen LogP contribution in [0.5, 0.6) is 0 Å². The molecular weight excluding hydrogens is 296 g/mol. The van der Waals surface area contributed by atoms with Crippen LogP contribution in [-0.4, -0.2) is 5.78 Å². The summed E-state index contributed by atoms with van der Waals surface area (Å²) in [5, 5.41) is 2.00. The van der Waals surface area contributed by atoms with Crippen LogP contribution in [0.15, 0.2) is 46.3 Å². The largest absolute Gasteiger partial charge is 0.299 e. The van der Waals surface area contributed by atoms with Crippen molar-refractivity contribution >= 4 is 33.0 Å². The van der Waals surface area contributed by atoms with Crippen LogP contribution in [0.2, 0.25) is 0 Å². The lowest BCUT2D eigenvalue weighted by Gasteiger charge is -2.01. The zero-order chi connectivity index (χ0) is 12.1. The van der Waals surface area contributed by atoms with Gasteiger partial charge in [0.05, 0.1) is 0 Å². The van der Waals surface area contributed by atoms with Crippen LogP contribution >= 0.6 is 27.3 Å². The number of carbonyl (C=O) groups is 1. The van der Waals surface area contributed by atoms with Crippen molar-refractivity contribution in [3.8, 4) is 0 Å².